The van der Waals surface area contributed by atoms with Gasteiger partial charge in [-0.1, -0.05) is 13.0 Å². The molecule has 0 bridgehead atoms. The molecule has 0 aliphatic carbocycles. The van der Waals surface area contributed by atoms with Gasteiger partial charge in [0.05, 0.1) is 6.10 Å². The van der Waals surface area contributed by atoms with Crippen molar-refractivity contribution in [3.63, 3.8) is 0 Å². The minimum absolute atomic E-state index is 0.200. The quantitative estimate of drug-likeness (QED) is 0.808. The maximum Gasteiger partial charge on any atom is 0.131 e. The average Bonchev–Trinajstić information content (AvgIpc) is 2.74. The van der Waals surface area contributed by atoms with Crippen LogP contribution in [0.15, 0.2) is 18.2 Å². The number of hydrogen-bond donors (Lipinski definition) is 2. The summed E-state index contributed by atoms with van der Waals surface area (Å²) in [5, 5.41) is 12.8. The highest BCUT2D eigenvalue weighted by Gasteiger charge is 2.21. The fourth-order valence-electron chi connectivity index (χ4n) is 1.90. The molecule has 1 aliphatic rings. The second kappa shape index (κ2) is 5.16. The Labute approximate surface area is 96.3 Å². The second-order valence-corrected chi connectivity index (χ2v) is 4.20. The van der Waals surface area contributed by atoms with Crippen LogP contribution >= 0.6 is 0 Å². The van der Waals surface area contributed by atoms with Crippen LogP contribution in [0.25, 0.3) is 0 Å². The molecule has 2 N–H and O–H groups in total. The summed E-state index contributed by atoms with van der Waals surface area (Å²) in [7, 11) is 0. The Hall–Kier alpha value is -1.29. The standard InChI is InChI=1S/C12H19N3O/c1-2-7-13-11-4-3-5-12(14-11)15-8-6-10(16)9-15/h3-5,10,16H,2,6-9H2,1H3,(H,13,14). The lowest BCUT2D eigenvalue weighted by molar-refractivity contribution is 0.198. The van der Waals surface area contributed by atoms with Crippen LogP contribution in [0.3, 0.4) is 0 Å². The summed E-state index contributed by atoms with van der Waals surface area (Å²) in [5.41, 5.74) is 0. The number of anilines is 2. The number of hydrogen-bond acceptors (Lipinski definition) is 4. The van der Waals surface area contributed by atoms with Crippen LogP contribution in [0.4, 0.5) is 11.6 Å². The first-order valence-electron chi connectivity index (χ1n) is 5.93. The monoisotopic (exact) mass is 221 g/mol. The number of aliphatic hydroxyl groups is 1. The van der Waals surface area contributed by atoms with Crippen molar-refractivity contribution in [2.45, 2.75) is 25.9 Å². The van der Waals surface area contributed by atoms with Crippen molar-refractivity contribution in [3.05, 3.63) is 18.2 Å². The number of aromatic nitrogens is 1. The van der Waals surface area contributed by atoms with Crippen LogP contribution in [0.1, 0.15) is 19.8 Å². The minimum Gasteiger partial charge on any atom is -0.391 e. The molecule has 0 spiro atoms. The maximum absolute atomic E-state index is 9.49. The molecule has 0 saturated carbocycles. The Bertz CT molecular complexity index is 343. The van der Waals surface area contributed by atoms with Crippen molar-refractivity contribution in [3.8, 4) is 0 Å². The SMILES string of the molecule is CCCNc1cccc(N2CCC(O)C2)n1. The summed E-state index contributed by atoms with van der Waals surface area (Å²) in [6.45, 7) is 4.67. The van der Waals surface area contributed by atoms with E-state index in [0.29, 0.717) is 6.54 Å². The lowest BCUT2D eigenvalue weighted by Crippen LogP contribution is -2.22. The van der Waals surface area contributed by atoms with Crippen LogP contribution in [0.5, 0.6) is 0 Å². The molecule has 1 fully saturated rings. The Kier molecular flexibility index (Phi) is 3.62. The zero-order valence-electron chi connectivity index (χ0n) is 9.69. The molecule has 1 unspecified atom stereocenters. The summed E-state index contributed by atoms with van der Waals surface area (Å²) in [4.78, 5) is 6.66. The molecule has 2 heterocycles. The van der Waals surface area contributed by atoms with Gasteiger partial charge in [0.25, 0.3) is 0 Å². The third-order valence-electron chi connectivity index (χ3n) is 2.78. The highest BCUT2D eigenvalue weighted by Crippen LogP contribution is 2.19. The van der Waals surface area contributed by atoms with Crippen LogP contribution in [-0.2, 0) is 0 Å². The zero-order valence-corrected chi connectivity index (χ0v) is 9.69. The average molecular weight is 221 g/mol. The molecular formula is C12H19N3O. The van der Waals surface area contributed by atoms with Gasteiger partial charge < -0.3 is 15.3 Å². The number of pyridine rings is 1. The topological polar surface area (TPSA) is 48.4 Å². The van der Waals surface area contributed by atoms with E-state index in [1.807, 2.05) is 18.2 Å². The van der Waals surface area contributed by atoms with Gasteiger partial charge in [-0.3, -0.25) is 0 Å². The Morgan fingerprint density at radius 2 is 2.44 bits per heavy atom. The van der Waals surface area contributed by atoms with Crippen molar-refractivity contribution in [1.82, 2.24) is 4.98 Å². The number of rotatable bonds is 4. The van der Waals surface area contributed by atoms with E-state index in [4.69, 9.17) is 0 Å². The third kappa shape index (κ3) is 2.64. The molecule has 0 amide bonds. The molecule has 1 aromatic rings. The highest BCUT2D eigenvalue weighted by atomic mass is 16.3. The minimum atomic E-state index is -0.200. The van der Waals surface area contributed by atoms with Crippen molar-refractivity contribution < 1.29 is 5.11 Å². The first kappa shape index (κ1) is 11.2. The van der Waals surface area contributed by atoms with Crippen molar-refractivity contribution >= 4 is 11.6 Å². The molecule has 4 nitrogen and oxygen atoms in total. The fraction of sp³-hybridized carbons (Fsp3) is 0.583. The Morgan fingerprint density at radius 3 is 3.12 bits per heavy atom. The third-order valence-corrected chi connectivity index (χ3v) is 2.78. The summed E-state index contributed by atoms with van der Waals surface area (Å²) >= 11 is 0. The normalized spacial score (nSPS) is 20.1. The first-order valence-corrected chi connectivity index (χ1v) is 5.93. The van der Waals surface area contributed by atoms with E-state index in [1.54, 1.807) is 0 Å². The zero-order chi connectivity index (χ0) is 11.4. The van der Waals surface area contributed by atoms with Gasteiger partial charge >= 0.3 is 0 Å². The van der Waals surface area contributed by atoms with Gasteiger partial charge in [0.15, 0.2) is 0 Å². The van der Waals surface area contributed by atoms with E-state index in [0.717, 1.165) is 37.6 Å². The second-order valence-electron chi connectivity index (χ2n) is 4.20. The number of nitrogens with one attached hydrogen (secondary N) is 1. The fourth-order valence-corrected chi connectivity index (χ4v) is 1.90. The molecule has 1 aliphatic heterocycles. The van der Waals surface area contributed by atoms with Gasteiger partial charge in [0.2, 0.25) is 0 Å². The van der Waals surface area contributed by atoms with Crippen LogP contribution in [0, 0.1) is 0 Å². The molecule has 1 atom stereocenters. The number of β-amino-alcohol motifs (C(OH)–C–C–N with tert-alkyl or cyclic N) is 1. The first-order chi connectivity index (χ1) is 7.79. The van der Waals surface area contributed by atoms with Crippen molar-refractivity contribution in [2.75, 3.05) is 29.9 Å². The van der Waals surface area contributed by atoms with E-state index in [1.165, 1.54) is 0 Å². The molecule has 16 heavy (non-hydrogen) atoms. The highest BCUT2D eigenvalue weighted by molar-refractivity contribution is 5.47. The van der Waals surface area contributed by atoms with Gasteiger partial charge in [-0.2, -0.15) is 0 Å². The predicted molar refractivity (Wildman–Crippen MR) is 65.9 cm³/mol. The van der Waals surface area contributed by atoms with Gasteiger partial charge in [-0.15, -0.1) is 0 Å². The molecular weight excluding hydrogens is 202 g/mol. The Balaban J connectivity index is 2.04. The van der Waals surface area contributed by atoms with Crippen LogP contribution in [0.2, 0.25) is 0 Å². The van der Waals surface area contributed by atoms with E-state index in [2.05, 4.69) is 22.1 Å². The van der Waals surface area contributed by atoms with E-state index in [9.17, 15) is 5.11 Å². The largest absolute Gasteiger partial charge is 0.391 e. The van der Waals surface area contributed by atoms with Gasteiger partial charge in [-0.25, -0.2) is 4.98 Å². The number of aliphatic hydroxyl groups excluding tert-OH is 1. The van der Waals surface area contributed by atoms with Gasteiger partial charge in [-0.05, 0) is 25.0 Å². The van der Waals surface area contributed by atoms with Crippen LogP contribution in [-0.4, -0.2) is 35.8 Å². The molecule has 88 valence electrons. The Morgan fingerprint density at radius 1 is 1.56 bits per heavy atom. The summed E-state index contributed by atoms with van der Waals surface area (Å²) in [5.74, 6) is 1.87. The van der Waals surface area contributed by atoms with Crippen LogP contribution < -0.4 is 10.2 Å². The summed E-state index contributed by atoms with van der Waals surface area (Å²) in [6, 6.07) is 5.98. The molecule has 4 heteroatoms. The van der Waals surface area contributed by atoms with Gasteiger partial charge in [0.1, 0.15) is 11.6 Å². The lowest BCUT2D eigenvalue weighted by Gasteiger charge is -2.17. The molecule has 2 rings (SSSR count). The van der Waals surface area contributed by atoms with Crippen molar-refractivity contribution in [2.24, 2.45) is 0 Å². The number of nitrogens with zero attached hydrogens (tertiary/aromatic N) is 2. The summed E-state index contributed by atoms with van der Waals surface area (Å²) < 4.78 is 0. The molecule has 1 aromatic heterocycles. The lowest BCUT2D eigenvalue weighted by atomic mass is 10.3. The molecule has 0 aromatic carbocycles. The maximum atomic E-state index is 9.49. The molecule has 1 saturated heterocycles. The predicted octanol–water partition coefficient (Wildman–Crippen LogP) is 1.47. The van der Waals surface area contributed by atoms with Gasteiger partial charge in [0, 0.05) is 19.6 Å². The summed E-state index contributed by atoms with van der Waals surface area (Å²) in [6.07, 6.45) is 1.73. The van der Waals surface area contributed by atoms with E-state index in [-0.39, 0.29) is 6.10 Å². The van der Waals surface area contributed by atoms with Crippen molar-refractivity contribution in [1.29, 1.82) is 0 Å². The van der Waals surface area contributed by atoms with E-state index < -0.39 is 0 Å². The smallest absolute Gasteiger partial charge is 0.131 e. The molecule has 0 radical (unpaired) electrons. The van der Waals surface area contributed by atoms with E-state index >= 15 is 0 Å².